The Morgan fingerprint density at radius 1 is 0.686 bits per heavy atom. The molecule has 4 atom stereocenters. The molecule has 4 aromatic rings. The first-order chi connectivity index (χ1) is 24.6. The van der Waals surface area contributed by atoms with Gasteiger partial charge in [-0.25, -0.2) is 4.79 Å². The minimum absolute atomic E-state index is 0.0218. The normalized spacial score (nSPS) is 21.1. The van der Waals surface area contributed by atoms with Crippen LogP contribution in [0.2, 0.25) is 5.02 Å². The summed E-state index contributed by atoms with van der Waals surface area (Å²) in [6.45, 7) is 8.79. The van der Waals surface area contributed by atoms with E-state index in [1.54, 1.807) is 76.2 Å². The summed E-state index contributed by atoms with van der Waals surface area (Å²) in [4.78, 5) is 24.5. The van der Waals surface area contributed by atoms with Gasteiger partial charge in [-0.1, -0.05) is 23.7 Å². The zero-order chi connectivity index (χ0) is 35.7. The number of rotatable bonds is 8. The Balaban J connectivity index is 0.000000160. The third-order valence-electron chi connectivity index (χ3n) is 9.14. The molecule has 10 nitrogen and oxygen atoms in total. The van der Waals surface area contributed by atoms with Gasteiger partial charge in [-0.15, -0.1) is 0 Å². The van der Waals surface area contributed by atoms with Crippen molar-refractivity contribution in [3.8, 4) is 28.7 Å². The fourth-order valence-corrected chi connectivity index (χ4v) is 6.68. The first-order valence-corrected chi connectivity index (χ1v) is 17.3. The van der Waals surface area contributed by atoms with E-state index < -0.39 is 11.6 Å². The Labute approximate surface area is 301 Å². The van der Waals surface area contributed by atoms with Gasteiger partial charge in [0.2, 0.25) is 13.6 Å². The van der Waals surface area contributed by atoms with Crippen molar-refractivity contribution < 1.29 is 47.5 Å². The van der Waals surface area contributed by atoms with E-state index in [2.05, 4.69) is 12.1 Å². The van der Waals surface area contributed by atoms with Crippen molar-refractivity contribution in [1.29, 1.82) is 0 Å². The second kappa shape index (κ2) is 14.5. The molecule has 0 aromatic heterocycles. The first kappa shape index (κ1) is 34.7. The van der Waals surface area contributed by atoms with E-state index in [-0.39, 0.29) is 37.7 Å². The lowest BCUT2D eigenvalue weighted by molar-refractivity contribution is -0.163. The van der Waals surface area contributed by atoms with Crippen LogP contribution in [0.25, 0.3) is 0 Å². The van der Waals surface area contributed by atoms with Crippen LogP contribution in [0.4, 0.5) is 0 Å². The van der Waals surface area contributed by atoms with Gasteiger partial charge in [-0.2, -0.15) is 0 Å². The molecule has 0 amide bonds. The van der Waals surface area contributed by atoms with Crippen LogP contribution in [0.3, 0.4) is 0 Å². The van der Waals surface area contributed by atoms with Crippen LogP contribution in [0.1, 0.15) is 67.0 Å². The molecule has 4 aliphatic rings. The van der Waals surface area contributed by atoms with Crippen LogP contribution in [0, 0.1) is 11.8 Å². The molecule has 0 saturated carbocycles. The second-order valence-electron chi connectivity index (χ2n) is 13.5. The molecule has 4 heterocycles. The van der Waals surface area contributed by atoms with Crippen LogP contribution in [0.5, 0.6) is 28.7 Å². The molecule has 4 unspecified atom stereocenters. The van der Waals surface area contributed by atoms with Gasteiger partial charge in [0, 0.05) is 28.0 Å². The van der Waals surface area contributed by atoms with Crippen molar-refractivity contribution in [2.75, 3.05) is 26.8 Å². The topological polar surface area (TPSA) is 108 Å². The van der Waals surface area contributed by atoms with Gasteiger partial charge in [0.1, 0.15) is 5.75 Å². The van der Waals surface area contributed by atoms with E-state index in [0.717, 1.165) is 34.1 Å². The lowest BCUT2D eigenvalue weighted by atomic mass is 9.85. The number of hydrogen-bond acceptors (Lipinski definition) is 10. The Morgan fingerprint density at radius 3 is 1.65 bits per heavy atom. The molecule has 0 spiro atoms. The number of carbonyl (C=O) groups is 2. The van der Waals surface area contributed by atoms with Crippen LogP contribution in [0.15, 0.2) is 84.9 Å². The SMILES string of the molecule is CC(C)OC(=O)C(C)(C)Oc1ccc(C(=O)c2ccc(Cl)cc2)cc1.c1cc2c(cc1C1OCC3C(c4ccc5c(c4)OCO5)OCC13)OCO2. The second-order valence-corrected chi connectivity index (χ2v) is 13.9. The molecule has 2 saturated heterocycles. The Bertz CT molecular complexity index is 1820. The minimum Gasteiger partial charge on any atom is -0.476 e. The summed E-state index contributed by atoms with van der Waals surface area (Å²) in [7, 11) is 0. The molecule has 8 rings (SSSR count). The number of halogens is 1. The Kier molecular flexibility index (Phi) is 9.83. The van der Waals surface area contributed by atoms with E-state index in [4.69, 9.17) is 49.5 Å². The lowest BCUT2D eigenvalue weighted by Crippen LogP contribution is -2.40. The van der Waals surface area contributed by atoms with E-state index in [1.165, 1.54) is 0 Å². The van der Waals surface area contributed by atoms with Gasteiger partial charge in [0.15, 0.2) is 34.4 Å². The average molecular weight is 715 g/mol. The Morgan fingerprint density at radius 2 is 1.16 bits per heavy atom. The summed E-state index contributed by atoms with van der Waals surface area (Å²) in [6, 6.07) is 25.5. The molecule has 51 heavy (non-hydrogen) atoms. The largest absolute Gasteiger partial charge is 0.476 e. The fourth-order valence-electron chi connectivity index (χ4n) is 6.55. The zero-order valence-corrected chi connectivity index (χ0v) is 29.5. The molecule has 4 aliphatic heterocycles. The molecular weight excluding hydrogens is 676 g/mol. The van der Waals surface area contributed by atoms with E-state index in [9.17, 15) is 9.59 Å². The van der Waals surface area contributed by atoms with E-state index in [0.29, 0.717) is 46.9 Å². The highest BCUT2D eigenvalue weighted by atomic mass is 35.5. The molecular formula is C40H39ClO10. The predicted octanol–water partition coefficient (Wildman–Crippen LogP) is 7.90. The van der Waals surface area contributed by atoms with Gasteiger partial charge in [-0.3, -0.25) is 4.79 Å². The molecule has 2 fully saturated rings. The average Bonchev–Trinajstić information content (AvgIpc) is 3.93. The molecule has 0 radical (unpaired) electrons. The summed E-state index contributed by atoms with van der Waals surface area (Å²) >= 11 is 5.84. The fraction of sp³-hybridized carbons (Fsp3) is 0.350. The Hall–Kier alpha value is -4.77. The number of esters is 1. The smallest absolute Gasteiger partial charge is 0.350 e. The number of benzene rings is 4. The van der Waals surface area contributed by atoms with Crippen LogP contribution >= 0.6 is 11.6 Å². The highest BCUT2D eigenvalue weighted by Gasteiger charge is 2.48. The maximum Gasteiger partial charge on any atom is 0.350 e. The monoisotopic (exact) mass is 714 g/mol. The molecule has 0 N–H and O–H groups in total. The summed E-state index contributed by atoms with van der Waals surface area (Å²) < 4.78 is 45.1. The van der Waals surface area contributed by atoms with Gasteiger partial charge in [-0.05, 0) is 112 Å². The van der Waals surface area contributed by atoms with E-state index in [1.807, 2.05) is 24.3 Å². The summed E-state index contributed by atoms with van der Waals surface area (Å²) in [6.07, 6.45) is -0.170. The van der Waals surface area contributed by atoms with Gasteiger partial charge in [0.05, 0.1) is 31.5 Å². The van der Waals surface area contributed by atoms with Crippen LogP contribution in [-0.2, 0) is 19.0 Å². The zero-order valence-electron chi connectivity index (χ0n) is 28.8. The van der Waals surface area contributed by atoms with E-state index >= 15 is 0 Å². The maximum atomic E-state index is 12.4. The quantitative estimate of drug-likeness (QED) is 0.132. The predicted molar refractivity (Wildman–Crippen MR) is 187 cm³/mol. The standard InChI is InChI=1S/C20H21ClO4.C20H18O6/c1-13(2)24-19(23)20(3,4)25-17-11-7-15(8-12-17)18(22)14-5-9-16(21)10-6-14;1-3-15-17(25-9-23-15)5-11(1)19-13-7-22-20(14(13)8-21-19)12-2-4-16-18(6-12)26-10-24-16/h5-13H,1-4H3;1-6,13-14,19-20H,7-10H2. The highest BCUT2D eigenvalue weighted by Crippen LogP contribution is 2.52. The minimum atomic E-state index is -1.12. The molecule has 266 valence electrons. The third kappa shape index (κ3) is 7.49. The number of ketones is 1. The van der Waals surface area contributed by atoms with Crippen molar-refractivity contribution in [3.05, 3.63) is 112 Å². The highest BCUT2D eigenvalue weighted by molar-refractivity contribution is 6.30. The van der Waals surface area contributed by atoms with Crippen LogP contribution < -0.4 is 23.7 Å². The maximum absolute atomic E-state index is 12.4. The summed E-state index contributed by atoms with van der Waals surface area (Å²) in [5.41, 5.74) is 2.20. The van der Waals surface area contributed by atoms with Crippen LogP contribution in [-0.4, -0.2) is 50.3 Å². The van der Waals surface area contributed by atoms with Gasteiger partial charge < -0.3 is 37.9 Å². The number of ether oxygens (including phenoxy) is 8. The van der Waals surface area contributed by atoms with Crippen molar-refractivity contribution in [2.24, 2.45) is 11.8 Å². The van der Waals surface area contributed by atoms with Gasteiger partial charge >= 0.3 is 5.97 Å². The van der Waals surface area contributed by atoms with Crippen molar-refractivity contribution >= 4 is 23.4 Å². The number of hydrogen-bond donors (Lipinski definition) is 0. The summed E-state index contributed by atoms with van der Waals surface area (Å²) in [5.74, 6) is 3.76. The lowest BCUT2D eigenvalue weighted by Gasteiger charge is -2.25. The molecule has 0 bridgehead atoms. The van der Waals surface area contributed by atoms with Crippen molar-refractivity contribution in [1.82, 2.24) is 0 Å². The third-order valence-corrected chi connectivity index (χ3v) is 9.40. The van der Waals surface area contributed by atoms with Crippen molar-refractivity contribution in [2.45, 2.75) is 51.6 Å². The number of fused-ring (bicyclic) bond motifs is 3. The molecule has 4 aromatic carbocycles. The summed E-state index contributed by atoms with van der Waals surface area (Å²) in [5, 5.41) is 0.579. The van der Waals surface area contributed by atoms with Crippen molar-refractivity contribution in [3.63, 3.8) is 0 Å². The molecule has 11 heteroatoms. The molecule has 0 aliphatic carbocycles. The number of carbonyl (C=O) groups excluding carboxylic acids is 2. The van der Waals surface area contributed by atoms with Gasteiger partial charge in [0.25, 0.3) is 0 Å². The first-order valence-electron chi connectivity index (χ1n) is 16.9.